The van der Waals surface area contributed by atoms with Gasteiger partial charge in [-0.3, -0.25) is 0 Å². The summed E-state index contributed by atoms with van der Waals surface area (Å²) in [6, 6.07) is 6.89. The van der Waals surface area contributed by atoms with Crippen molar-refractivity contribution in [1.82, 2.24) is 9.71 Å². The van der Waals surface area contributed by atoms with E-state index in [0.29, 0.717) is 16.8 Å². The standard InChI is InChI=1S/C12H14N2O3S2/c15-6-10-2-1-3-11(4-10)8-19(16,17)14-5-12-7-18-9-13-12/h1-4,7,9,14-15H,5-6,8H2. The van der Waals surface area contributed by atoms with Crippen molar-refractivity contribution in [3.63, 3.8) is 0 Å². The lowest BCUT2D eigenvalue weighted by atomic mass is 10.1. The molecule has 0 saturated carbocycles. The third-order valence-corrected chi connectivity index (χ3v) is 4.42. The average Bonchev–Trinajstić information content (AvgIpc) is 2.89. The molecule has 2 aromatic rings. The molecular weight excluding hydrogens is 284 g/mol. The number of aliphatic hydroxyl groups excluding tert-OH is 1. The Morgan fingerprint density at radius 3 is 2.79 bits per heavy atom. The summed E-state index contributed by atoms with van der Waals surface area (Å²) in [5, 5.41) is 10.8. The van der Waals surface area contributed by atoms with Gasteiger partial charge in [-0.25, -0.2) is 18.1 Å². The Morgan fingerprint density at radius 2 is 2.11 bits per heavy atom. The maximum atomic E-state index is 11.9. The zero-order valence-corrected chi connectivity index (χ0v) is 11.7. The number of aromatic nitrogens is 1. The van der Waals surface area contributed by atoms with Crippen molar-refractivity contribution >= 4 is 21.4 Å². The van der Waals surface area contributed by atoms with Crippen molar-refractivity contribution in [3.8, 4) is 0 Å². The van der Waals surface area contributed by atoms with Gasteiger partial charge in [0, 0.05) is 5.38 Å². The minimum absolute atomic E-state index is 0.0971. The molecule has 1 aromatic heterocycles. The maximum Gasteiger partial charge on any atom is 0.216 e. The van der Waals surface area contributed by atoms with E-state index in [1.165, 1.54) is 11.3 Å². The largest absolute Gasteiger partial charge is 0.392 e. The molecule has 0 atom stereocenters. The van der Waals surface area contributed by atoms with E-state index in [1.54, 1.807) is 35.2 Å². The van der Waals surface area contributed by atoms with Crippen LogP contribution in [0.2, 0.25) is 0 Å². The van der Waals surface area contributed by atoms with Crippen LogP contribution in [0.25, 0.3) is 0 Å². The molecule has 1 heterocycles. The van der Waals surface area contributed by atoms with Crippen LogP contribution < -0.4 is 4.72 Å². The van der Waals surface area contributed by atoms with Crippen molar-refractivity contribution in [2.75, 3.05) is 0 Å². The number of thiazole rings is 1. The average molecular weight is 298 g/mol. The highest BCUT2D eigenvalue weighted by molar-refractivity contribution is 7.88. The predicted octanol–water partition coefficient (Wildman–Crippen LogP) is 1.26. The van der Waals surface area contributed by atoms with Crippen LogP contribution in [-0.4, -0.2) is 18.5 Å². The summed E-state index contributed by atoms with van der Waals surface area (Å²) >= 11 is 1.43. The summed E-state index contributed by atoms with van der Waals surface area (Å²) in [5.41, 5.74) is 3.72. The first kappa shape index (κ1) is 14.1. The fourth-order valence-electron chi connectivity index (χ4n) is 1.60. The Morgan fingerprint density at radius 1 is 1.32 bits per heavy atom. The van der Waals surface area contributed by atoms with Gasteiger partial charge in [0.15, 0.2) is 0 Å². The summed E-state index contributed by atoms with van der Waals surface area (Å²) in [7, 11) is -3.40. The van der Waals surface area contributed by atoms with E-state index in [-0.39, 0.29) is 18.9 Å². The molecule has 0 unspecified atom stereocenters. The van der Waals surface area contributed by atoms with Crippen LogP contribution in [0.5, 0.6) is 0 Å². The van der Waals surface area contributed by atoms with Crippen LogP contribution in [-0.2, 0) is 28.9 Å². The lowest BCUT2D eigenvalue weighted by Crippen LogP contribution is -2.24. The summed E-state index contributed by atoms with van der Waals surface area (Å²) in [6.07, 6.45) is 0. The number of hydrogen-bond donors (Lipinski definition) is 2. The van der Waals surface area contributed by atoms with Crippen LogP contribution in [0.4, 0.5) is 0 Å². The fourth-order valence-corrected chi connectivity index (χ4v) is 3.24. The van der Waals surface area contributed by atoms with Crippen molar-refractivity contribution < 1.29 is 13.5 Å². The maximum absolute atomic E-state index is 11.9. The molecular formula is C12H14N2O3S2. The smallest absolute Gasteiger partial charge is 0.216 e. The number of aliphatic hydroxyl groups is 1. The Bertz CT molecular complexity index is 624. The predicted molar refractivity (Wildman–Crippen MR) is 73.9 cm³/mol. The Hall–Kier alpha value is -1.28. The topological polar surface area (TPSA) is 79.3 Å². The third-order valence-electron chi connectivity index (χ3n) is 2.49. The van der Waals surface area contributed by atoms with Gasteiger partial charge in [-0.05, 0) is 11.1 Å². The van der Waals surface area contributed by atoms with E-state index in [4.69, 9.17) is 5.11 Å². The molecule has 0 aliphatic carbocycles. The lowest BCUT2D eigenvalue weighted by molar-refractivity contribution is 0.282. The quantitative estimate of drug-likeness (QED) is 0.841. The van der Waals surface area contributed by atoms with E-state index >= 15 is 0 Å². The van der Waals surface area contributed by atoms with Gasteiger partial charge < -0.3 is 5.11 Å². The van der Waals surface area contributed by atoms with Gasteiger partial charge in [0.05, 0.1) is 30.1 Å². The molecule has 5 nitrogen and oxygen atoms in total. The van der Waals surface area contributed by atoms with Crippen LogP contribution in [0.15, 0.2) is 35.2 Å². The highest BCUT2D eigenvalue weighted by atomic mass is 32.2. The highest BCUT2D eigenvalue weighted by Gasteiger charge is 2.12. The van der Waals surface area contributed by atoms with Gasteiger partial charge in [0.25, 0.3) is 0 Å². The van der Waals surface area contributed by atoms with Gasteiger partial charge in [-0.2, -0.15) is 0 Å². The minimum atomic E-state index is -3.40. The number of hydrogen-bond acceptors (Lipinski definition) is 5. The molecule has 2 rings (SSSR count). The first-order valence-electron chi connectivity index (χ1n) is 5.62. The van der Waals surface area contributed by atoms with E-state index in [0.717, 1.165) is 0 Å². The molecule has 1 aromatic carbocycles. The number of nitrogens with zero attached hydrogens (tertiary/aromatic N) is 1. The molecule has 0 bridgehead atoms. The van der Waals surface area contributed by atoms with Crippen molar-refractivity contribution in [2.24, 2.45) is 0 Å². The third kappa shape index (κ3) is 4.39. The molecule has 0 spiro atoms. The number of sulfonamides is 1. The summed E-state index contributed by atoms with van der Waals surface area (Å²) in [5.74, 6) is -0.106. The minimum Gasteiger partial charge on any atom is -0.392 e. The van der Waals surface area contributed by atoms with Crippen LogP contribution in [0.1, 0.15) is 16.8 Å². The van der Waals surface area contributed by atoms with Crippen LogP contribution in [0, 0.1) is 0 Å². The summed E-state index contributed by atoms with van der Waals surface area (Å²) < 4.78 is 26.3. The normalized spacial score (nSPS) is 11.6. The monoisotopic (exact) mass is 298 g/mol. The Balaban J connectivity index is 2.00. The number of rotatable bonds is 6. The molecule has 19 heavy (non-hydrogen) atoms. The lowest BCUT2D eigenvalue weighted by Gasteiger charge is -2.06. The summed E-state index contributed by atoms with van der Waals surface area (Å²) in [4.78, 5) is 4.01. The van der Waals surface area contributed by atoms with Crippen molar-refractivity contribution in [2.45, 2.75) is 18.9 Å². The molecule has 0 fully saturated rings. The van der Waals surface area contributed by atoms with Crippen molar-refractivity contribution in [1.29, 1.82) is 0 Å². The molecule has 2 N–H and O–H groups in total. The van der Waals surface area contributed by atoms with Crippen molar-refractivity contribution in [3.05, 3.63) is 52.0 Å². The SMILES string of the molecule is O=S(=O)(Cc1cccc(CO)c1)NCc1cscn1. The molecule has 7 heteroatoms. The molecule has 0 saturated heterocycles. The van der Waals surface area contributed by atoms with E-state index in [9.17, 15) is 8.42 Å². The van der Waals surface area contributed by atoms with Gasteiger partial charge in [-0.15, -0.1) is 11.3 Å². The molecule has 0 amide bonds. The van der Waals surface area contributed by atoms with Crippen LogP contribution in [0.3, 0.4) is 0 Å². The highest BCUT2D eigenvalue weighted by Crippen LogP contribution is 2.09. The summed E-state index contributed by atoms with van der Waals surface area (Å²) in [6.45, 7) is 0.103. The zero-order valence-electron chi connectivity index (χ0n) is 10.1. The number of benzene rings is 1. The Labute approximate surface area is 116 Å². The van der Waals surface area contributed by atoms with Gasteiger partial charge in [0.1, 0.15) is 0 Å². The molecule has 0 radical (unpaired) electrons. The first-order valence-corrected chi connectivity index (χ1v) is 8.21. The van der Waals surface area contributed by atoms with E-state index in [1.807, 2.05) is 0 Å². The van der Waals surface area contributed by atoms with E-state index < -0.39 is 10.0 Å². The Kier molecular flexibility index (Phi) is 4.65. The van der Waals surface area contributed by atoms with Gasteiger partial charge in [0.2, 0.25) is 10.0 Å². The number of nitrogens with one attached hydrogen (secondary N) is 1. The van der Waals surface area contributed by atoms with Gasteiger partial charge in [-0.1, -0.05) is 24.3 Å². The molecule has 0 aliphatic heterocycles. The van der Waals surface area contributed by atoms with Gasteiger partial charge >= 0.3 is 0 Å². The molecule has 0 aliphatic rings. The first-order chi connectivity index (χ1) is 9.09. The second kappa shape index (κ2) is 6.25. The second-order valence-corrected chi connectivity index (χ2v) is 6.56. The second-order valence-electron chi connectivity index (χ2n) is 4.04. The van der Waals surface area contributed by atoms with E-state index in [2.05, 4.69) is 9.71 Å². The molecule has 102 valence electrons. The fraction of sp³-hybridized carbons (Fsp3) is 0.250. The van der Waals surface area contributed by atoms with Crippen LogP contribution >= 0.6 is 11.3 Å². The zero-order chi connectivity index (χ0) is 13.7.